The highest BCUT2D eigenvalue weighted by molar-refractivity contribution is 5.60. The molecule has 2 nitrogen and oxygen atoms in total. The normalized spacial score (nSPS) is 8.67. The SMILES string of the molecule is Nc1ccccccccc1N. The highest BCUT2D eigenvalue weighted by Gasteiger charge is 1.82. The molecule has 12 heavy (non-hydrogen) atoms. The molecule has 0 bridgehead atoms. The van der Waals surface area contributed by atoms with Crippen LogP contribution >= 0.6 is 0 Å². The first kappa shape index (κ1) is 8.40. The molecule has 0 fully saturated rings. The number of nitrogen functional groups attached to an aromatic ring is 2. The van der Waals surface area contributed by atoms with Gasteiger partial charge >= 0.3 is 0 Å². The summed E-state index contributed by atoms with van der Waals surface area (Å²) in [5.41, 5.74) is 12.4. The van der Waals surface area contributed by atoms with Crippen molar-refractivity contribution in [2.75, 3.05) is 11.5 Å². The molecule has 0 saturated carbocycles. The Hall–Kier alpha value is -1.70. The maximum Gasteiger partial charge on any atom is 0.0547 e. The van der Waals surface area contributed by atoms with Crippen LogP contribution < -0.4 is 11.5 Å². The van der Waals surface area contributed by atoms with E-state index in [-0.39, 0.29) is 0 Å². The van der Waals surface area contributed by atoms with Crippen LogP contribution in [0.5, 0.6) is 0 Å². The zero-order chi connectivity index (χ0) is 8.81. The van der Waals surface area contributed by atoms with Gasteiger partial charge in [-0.2, -0.15) is 0 Å². The van der Waals surface area contributed by atoms with Crippen LogP contribution in [-0.4, -0.2) is 0 Å². The van der Waals surface area contributed by atoms with Gasteiger partial charge in [-0.1, -0.05) is 36.4 Å². The fourth-order valence-corrected chi connectivity index (χ4v) is 0.767. The lowest BCUT2D eigenvalue weighted by Crippen LogP contribution is -1.90. The van der Waals surface area contributed by atoms with Crippen LogP contribution in [0.15, 0.2) is 48.5 Å². The van der Waals surface area contributed by atoms with Gasteiger partial charge in [-0.3, -0.25) is 0 Å². The predicted octanol–water partition coefficient (Wildman–Crippen LogP) is 1.98. The van der Waals surface area contributed by atoms with Gasteiger partial charge in [0.15, 0.2) is 0 Å². The molecule has 0 aliphatic rings. The van der Waals surface area contributed by atoms with Crippen molar-refractivity contribution in [2.45, 2.75) is 0 Å². The molecule has 0 aliphatic heterocycles. The summed E-state index contributed by atoms with van der Waals surface area (Å²) < 4.78 is 0. The molecule has 1 rings (SSSR count). The average molecular weight is 160 g/mol. The third kappa shape index (κ3) is 2.50. The van der Waals surface area contributed by atoms with E-state index in [4.69, 9.17) is 11.5 Å². The van der Waals surface area contributed by atoms with Crippen molar-refractivity contribution in [3.8, 4) is 0 Å². The maximum absolute atomic E-state index is 5.63. The highest BCUT2D eigenvalue weighted by atomic mass is 14.7. The lowest BCUT2D eigenvalue weighted by molar-refractivity contribution is 1.68. The van der Waals surface area contributed by atoms with Gasteiger partial charge in [0, 0.05) is 0 Å². The zero-order valence-corrected chi connectivity index (χ0v) is 6.77. The van der Waals surface area contributed by atoms with Gasteiger partial charge in [0.25, 0.3) is 0 Å². The Morgan fingerprint density at radius 3 is 1.33 bits per heavy atom. The molecule has 4 N–H and O–H groups in total. The molecule has 0 spiro atoms. The zero-order valence-electron chi connectivity index (χ0n) is 6.77. The topological polar surface area (TPSA) is 52.0 Å². The number of anilines is 2. The fraction of sp³-hybridized carbons (Fsp3) is 0. The molecule has 62 valence electrons. The molecule has 0 amide bonds. The molecule has 0 saturated heterocycles. The van der Waals surface area contributed by atoms with Crippen LogP contribution in [-0.2, 0) is 0 Å². The standard InChI is InChI=1S/C10H12N2/c11-9-7-5-3-1-2-4-6-8-10(9)12/h1-8H,11-12H2. The summed E-state index contributed by atoms with van der Waals surface area (Å²) in [7, 11) is 0. The van der Waals surface area contributed by atoms with Crippen LogP contribution in [0.25, 0.3) is 0 Å². The second-order valence-corrected chi connectivity index (χ2v) is 2.40. The van der Waals surface area contributed by atoms with E-state index in [0.717, 1.165) is 0 Å². The summed E-state index contributed by atoms with van der Waals surface area (Å²) in [6.07, 6.45) is 0. The second-order valence-electron chi connectivity index (χ2n) is 2.40. The minimum atomic E-state index is 0.589. The summed E-state index contributed by atoms with van der Waals surface area (Å²) in [5, 5.41) is 0. The molecular formula is C10H12N2. The summed E-state index contributed by atoms with van der Waals surface area (Å²) in [4.78, 5) is 0. The number of nitrogens with two attached hydrogens (primary N) is 2. The lowest BCUT2D eigenvalue weighted by Gasteiger charge is -1.91. The third-order valence-electron chi connectivity index (χ3n) is 1.44. The Morgan fingerprint density at radius 1 is 0.583 bits per heavy atom. The second kappa shape index (κ2) is 4.23. The first-order chi connectivity index (χ1) is 5.80. The van der Waals surface area contributed by atoms with E-state index in [1.807, 2.05) is 36.4 Å². The predicted molar refractivity (Wildman–Crippen MR) is 52.9 cm³/mol. The molecule has 0 aromatic heterocycles. The van der Waals surface area contributed by atoms with Crippen molar-refractivity contribution in [2.24, 2.45) is 0 Å². The molecule has 0 radical (unpaired) electrons. The molecule has 0 heterocycles. The molecule has 0 atom stereocenters. The summed E-state index contributed by atoms with van der Waals surface area (Å²) in [6, 6.07) is 14.9. The Morgan fingerprint density at radius 2 is 0.917 bits per heavy atom. The van der Waals surface area contributed by atoms with Crippen molar-refractivity contribution < 1.29 is 0 Å². The van der Waals surface area contributed by atoms with Gasteiger partial charge in [0.2, 0.25) is 0 Å². The van der Waals surface area contributed by atoms with Crippen molar-refractivity contribution in [1.29, 1.82) is 0 Å². The maximum atomic E-state index is 5.63. The van der Waals surface area contributed by atoms with E-state index in [9.17, 15) is 0 Å². The van der Waals surface area contributed by atoms with Gasteiger partial charge in [-0.15, -0.1) is 0 Å². The van der Waals surface area contributed by atoms with Crippen molar-refractivity contribution in [3.63, 3.8) is 0 Å². The van der Waals surface area contributed by atoms with Gasteiger partial charge in [-0.05, 0) is 12.1 Å². The quantitative estimate of drug-likeness (QED) is 0.609. The van der Waals surface area contributed by atoms with Crippen LogP contribution in [0, 0.1) is 0 Å². The van der Waals surface area contributed by atoms with E-state index in [0.29, 0.717) is 11.4 Å². The van der Waals surface area contributed by atoms with E-state index in [1.54, 1.807) is 12.1 Å². The summed E-state index contributed by atoms with van der Waals surface area (Å²) >= 11 is 0. The number of rotatable bonds is 0. The Balaban J connectivity index is 3.25. The molecule has 0 aliphatic carbocycles. The smallest absolute Gasteiger partial charge is 0.0547 e. The fourth-order valence-electron chi connectivity index (χ4n) is 0.767. The van der Waals surface area contributed by atoms with Gasteiger partial charge in [-0.25, -0.2) is 0 Å². The number of hydrogen-bond donors (Lipinski definition) is 2. The highest BCUT2D eigenvalue weighted by Crippen LogP contribution is 2.07. The Bertz CT molecular complexity index is 275. The minimum absolute atomic E-state index is 0.589. The van der Waals surface area contributed by atoms with Gasteiger partial charge < -0.3 is 11.5 Å². The molecule has 1 aromatic carbocycles. The molecule has 1 aromatic rings. The van der Waals surface area contributed by atoms with E-state index in [2.05, 4.69) is 0 Å². The van der Waals surface area contributed by atoms with Crippen LogP contribution in [0.3, 0.4) is 0 Å². The van der Waals surface area contributed by atoms with Crippen molar-refractivity contribution in [3.05, 3.63) is 48.5 Å². The third-order valence-corrected chi connectivity index (χ3v) is 1.44. The molecule has 0 unspecified atom stereocenters. The summed E-state index contributed by atoms with van der Waals surface area (Å²) in [5.74, 6) is 0. The first-order valence-corrected chi connectivity index (χ1v) is 3.74. The van der Waals surface area contributed by atoms with Crippen LogP contribution in [0.1, 0.15) is 0 Å². The Labute approximate surface area is 72.2 Å². The minimum Gasteiger partial charge on any atom is -0.397 e. The van der Waals surface area contributed by atoms with Crippen LogP contribution in [0.4, 0.5) is 11.4 Å². The van der Waals surface area contributed by atoms with E-state index >= 15 is 0 Å². The molecular weight excluding hydrogens is 148 g/mol. The lowest BCUT2D eigenvalue weighted by atomic mass is 10.3. The van der Waals surface area contributed by atoms with Crippen molar-refractivity contribution in [1.82, 2.24) is 0 Å². The first-order valence-electron chi connectivity index (χ1n) is 3.74. The van der Waals surface area contributed by atoms with E-state index in [1.165, 1.54) is 0 Å². The van der Waals surface area contributed by atoms with Crippen LogP contribution in [0.2, 0.25) is 0 Å². The van der Waals surface area contributed by atoms with Gasteiger partial charge in [0.05, 0.1) is 11.4 Å². The Kier molecular flexibility index (Phi) is 2.96. The summed E-state index contributed by atoms with van der Waals surface area (Å²) in [6.45, 7) is 0. The van der Waals surface area contributed by atoms with Crippen molar-refractivity contribution >= 4 is 11.4 Å². The number of hydrogen-bond acceptors (Lipinski definition) is 2. The largest absolute Gasteiger partial charge is 0.397 e. The monoisotopic (exact) mass is 160 g/mol. The van der Waals surface area contributed by atoms with E-state index < -0.39 is 0 Å². The van der Waals surface area contributed by atoms with Gasteiger partial charge in [0.1, 0.15) is 0 Å². The molecule has 2 heteroatoms. The average Bonchev–Trinajstić information content (AvgIpc) is 2.08.